The summed E-state index contributed by atoms with van der Waals surface area (Å²) in [6.45, 7) is 0. The Balaban J connectivity index is 1.60. The van der Waals surface area contributed by atoms with Crippen molar-refractivity contribution in [3.63, 3.8) is 0 Å². The highest BCUT2D eigenvalue weighted by Gasteiger charge is 2.31. The lowest BCUT2D eigenvalue weighted by Crippen LogP contribution is -2.15. The molecule has 2 amide bonds. The van der Waals surface area contributed by atoms with Crippen LogP contribution in [-0.2, 0) is 11.0 Å². The minimum atomic E-state index is -4.57. The van der Waals surface area contributed by atoms with Crippen molar-refractivity contribution in [2.24, 2.45) is 0 Å². The van der Waals surface area contributed by atoms with E-state index in [1.165, 1.54) is 14.2 Å². The van der Waals surface area contributed by atoms with E-state index in [4.69, 9.17) is 21.1 Å². The molecule has 0 aliphatic heterocycles. The molecule has 0 radical (unpaired) electrons. The van der Waals surface area contributed by atoms with E-state index in [1.54, 1.807) is 18.2 Å². The van der Waals surface area contributed by atoms with Gasteiger partial charge in [-0.3, -0.25) is 14.9 Å². The number of para-hydroxylation sites is 1. The lowest BCUT2D eigenvalue weighted by atomic mass is 10.1. The van der Waals surface area contributed by atoms with Crippen molar-refractivity contribution in [1.29, 1.82) is 0 Å². The minimum Gasteiger partial charge on any atom is -0.493 e. The van der Waals surface area contributed by atoms with Gasteiger partial charge in [-0.15, -0.1) is 10.2 Å². The van der Waals surface area contributed by atoms with Crippen LogP contribution in [0.15, 0.2) is 40.7 Å². The molecule has 1 heterocycles. The number of methoxy groups -OCH3 is 2. The Bertz CT molecular complexity index is 1210. The minimum absolute atomic E-state index is 0.0276. The van der Waals surface area contributed by atoms with E-state index in [1.807, 2.05) is 0 Å². The van der Waals surface area contributed by atoms with Crippen LogP contribution in [0.25, 0.3) is 0 Å². The second-order valence-corrected chi connectivity index (χ2v) is 9.00. The number of ether oxygens (including phenoxy) is 2. The van der Waals surface area contributed by atoms with Gasteiger partial charge in [-0.25, -0.2) is 0 Å². The third kappa shape index (κ3) is 6.30. The van der Waals surface area contributed by atoms with Gasteiger partial charge in [0.05, 0.1) is 41.8 Å². The van der Waals surface area contributed by atoms with Gasteiger partial charge in [0.2, 0.25) is 11.0 Å². The van der Waals surface area contributed by atoms with Crippen LogP contribution in [0, 0.1) is 0 Å². The topological polar surface area (TPSA) is 102 Å². The third-order valence-corrected chi connectivity index (χ3v) is 6.47. The summed E-state index contributed by atoms with van der Waals surface area (Å²) in [5, 5.41) is 12.8. The van der Waals surface area contributed by atoms with Gasteiger partial charge in [0, 0.05) is 0 Å². The van der Waals surface area contributed by atoms with Crippen molar-refractivity contribution < 1.29 is 32.2 Å². The largest absolute Gasteiger partial charge is 0.493 e. The van der Waals surface area contributed by atoms with Crippen LogP contribution in [-0.4, -0.2) is 42.0 Å². The van der Waals surface area contributed by atoms with Crippen LogP contribution >= 0.6 is 34.7 Å². The van der Waals surface area contributed by atoms with Crippen LogP contribution in [0.1, 0.15) is 15.9 Å². The highest BCUT2D eigenvalue weighted by molar-refractivity contribution is 8.01. The molecule has 3 aromatic rings. The fraction of sp³-hybridized carbons (Fsp3) is 0.200. The Morgan fingerprint density at radius 3 is 2.56 bits per heavy atom. The van der Waals surface area contributed by atoms with Gasteiger partial charge in [0.15, 0.2) is 15.8 Å². The molecule has 3 rings (SSSR count). The molecule has 34 heavy (non-hydrogen) atoms. The lowest BCUT2D eigenvalue weighted by molar-refractivity contribution is -0.137. The smallest absolute Gasteiger partial charge is 0.416 e. The Morgan fingerprint density at radius 2 is 1.88 bits per heavy atom. The summed E-state index contributed by atoms with van der Waals surface area (Å²) in [6.07, 6.45) is -4.57. The van der Waals surface area contributed by atoms with Crippen molar-refractivity contribution in [3.8, 4) is 11.5 Å². The molecule has 8 nitrogen and oxygen atoms in total. The first kappa shape index (κ1) is 25.6. The molecule has 0 bridgehead atoms. The van der Waals surface area contributed by atoms with Crippen LogP contribution < -0.4 is 20.1 Å². The van der Waals surface area contributed by atoms with Gasteiger partial charge in [0.25, 0.3) is 5.91 Å². The van der Waals surface area contributed by atoms with Crippen LogP contribution in [0.2, 0.25) is 5.02 Å². The maximum atomic E-state index is 12.9. The number of anilines is 2. The molecule has 180 valence electrons. The maximum Gasteiger partial charge on any atom is 0.416 e. The normalized spacial score (nSPS) is 11.1. The highest BCUT2D eigenvalue weighted by Crippen LogP contribution is 2.34. The first-order valence-corrected chi connectivity index (χ1v) is 11.5. The Kier molecular flexibility index (Phi) is 8.23. The number of hydrogen-bond donors (Lipinski definition) is 2. The molecule has 0 unspecified atom stereocenters. The molecule has 0 atom stereocenters. The summed E-state index contributed by atoms with van der Waals surface area (Å²) in [4.78, 5) is 24.8. The number of halogens is 4. The number of hydrogen-bond acceptors (Lipinski definition) is 8. The van der Waals surface area contributed by atoms with Gasteiger partial charge < -0.3 is 14.8 Å². The van der Waals surface area contributed by atoms with Crippen molar-refractivity contribution >= 4 is 57.3 Å². The first-order valence-electron chi connectivity index (χ1n) is 9.27. The number of aromatic nitrogens is 2. The summed E-state index contributed by atoms with van der Waals surface area (Å²) in [5.74, 6) is -0.616. The predicted molar refractivity (Wildman–Crippen MR) is 123 cm³/mol. The molecule has 0 saturated carbocycles. The average molecular weight is 533 g/mol. The third-order valence-electron chi connectivity index (χ3n) is 4.17. The van der Waals surface area contributed by atoms with E-state index < -0.39 is 23.6 Å². The summed E-state index contributed by atoms with van der Waals surface area (Å²) in [7, 11) is 2.86. The summed E-state index contributed by atoms with van der Waals surface area (Å²) in [5.41, 5.74) is -0.861. The lowest BCUT2D eigenvalue weighted by Gasteiger charge is -2.11. The molecule has 1 aromatic heterocycles. The van der Waals surface area contributed by atoms with Crippen molar-refractivity contribution in [3.05, 3.63) is 52.5 Å². The summed E-state index contributed by atoms with van der Waals surface area (Å²) in [6, 6.07) is 7.47. The SMILES string of the molecule is COc1cccc(C(=O)Nc2nnc(SCC(=O)Nc3cc(C(F)(F)F)ccc3Cl)s2)c1OC. The fourth-order valence-corrected chi connectivity index (χ4v) is 4.37. The molecule has 0 saturated heterocycles. The van der Waals surface area contributed by atoms with Gasteiger partial charge in [-0.1, -0.05) is 40.8 Å². The number of nitrogens with one attached hydrogen (secondary N) is 2. The quantitative estimate of drug-likeness (QED) is 0.303. The number of benzene rings is 2. The van der Waals surface area contributed by atoms with E-state index in [9.17, 15) is 22.8 Å². The molecule has 0 aliphatic carbocycles. The molecule has 0 fully saturated rings. The molecule has 0 aliphatic rings. The number of alkyl halides is 3. The zero-order valence-electron chi connectivity index (χ0n) is 17.5. The number of amides is 2. The number of carbonyl (C=O) groups is 2. The second-order valence-electron chi connectivity index (χ2n) is 6.40. The second kappa shape index (κ2) is 10.9. The molecular formula is C20H16ClF3N4O4S2. The molecule has 0 spiro atoms. The number of rotatable bonds is 8. The molecule has 2 N–H and O–H groups in total. The Labute approximate surface area is 204 Å². The van der Waals surface area contributed by atoms with E-state index in [0.717, 1.165) is 41.3 Å². The molecule has 14 heteroatoms. The fourth-order valence-electron chi connectivity index (χ4n) is 2.66. The van der Waals surface area contributed by atoms with E-state index >= 15 is 0 Å². The van der Waals surface area contributed by atoms with Crippen LogP contribution in [0.3, 0.4) is 0 Å². The van der Waals surface area contributed by atoms with Gasteiger partial charge >= 0.3 is 6.18 Å². The Morgan fingerprint density at radius 1 is 1.12 bits per heavy atom. The first-order chi connectivity index (χ1) is 16.1. The maximum absolute atomic E-state index is 12.9. The van der Waals surface area contributed by atoms with Crippen LogP contribution in [0.4, 0.5) is 24.0 Å². The van der Waals surface area contributed by atoms with E-state index in [0.29, 0.717) is 10.1 Å². The van der Waals surface area contributed by atoms with E-state index in [-0.39, 0.29) is 32.9 Å². The summed E-state index contributed by atoms with van der Waals surface area (Å²) >= 11 is 7.90. The number of nitrogens with zero attached hydrogens (tertiary/aromatic N) is 2. The standard InChI is InChI=1S/C20H16ClF3N4O4S2/c1-31-14-5-3-4-11(16(14)32-2)17(30)26-18-27-28-19(34-18)33-9-15(29)25-13-8-10(20(22,23)24)6-7-12(13)21/h3-8H,9H2,1-2H3,(H,25,29)(H,26,27,30). The van der Waals surface area contributed by atoms with Gasteiger partial charge in [-0.2, -0.15) is 13.2 Å². The highest BCUT2D eigenvalue weighted by atomic mass is 35.5. The van der Waals surface area contributed by atoms with Crippen molar-refractivity contribution in [2.45, 2.75) is 10.5 Å². The zero-order chi connectivity index (χ0) is 24.9. The molecule has 2 aromatic carbocycles. The zero-order valence-corrected chi connectivity index (χ0v) is 19.9. The number of carbonyl (C=O) groups excluding carboxylic acids is 2. The predicted octanol–water partition coefficient (Wildman–Crippen LogP) is 5.21. The van der Waals surface area contributed by atoms with E-state index in [2.05, 4.69) is 20.8 Å². The average Bonchev–Trinajstić information content (AvgIpc) is 3.24. The van der Waals surface area contributed by atoms with Gasteiger partial charge in [0.1, 0.15) is 0 Å². The van der Waals surface area contributed by atoms with Crippen LogP contribution in [0.5, 0.6) is 11.5 Å². The molecular weight excluding hydrogens is 517 g/mol. The van der Waals surface area contributed by atoms with Gasteiger partial charge in [-0.05, 0) is 30.3 Å². The number of thioether (sulfide) groups is 1. The monoisotopic (exact) mass is 532 g/mol. The van der Waals surface area contributed by atoms with Crippen molar-refractivity contribution in [2.75, 3.05) is 30.6 Å². The Hall–Kier alpha value is -3.03. The summed E-state index contributed by atoms with van der Waals surface area (Å²) < 4.78 is 49.4. The van der Waals surface area contributed by atoms with Crippen molar-refractivity contribution in [1.82, 2.24) is 10.2 Å².